The molecule has 0 unspecified atom stereocenters. The van der Waals surface area contributed by atoms with Gasteiger partial charge in [0.2, 0.25) is 0 Å². The van der Waals surface area contributed by atoms with Crippen LogP contribution in [0.3, 0.4) is 0 Å². The minimum absolute atomic E-state index is 0.0508. The minimum Gasteiger partial charge on any atom is -0.490 e. The molecule has 1 aromatic rings. The van der Waals surface area contributed by atoms with Crippen LogP contribution in [0.1, 0.15) is 38.1 Å². The van der Waals surface area contributed by atoms with Gasteiger partial charge in [0.1, 0.15) is 10.6 Å². The van der Waals surface area contributed by atoms with Crippen molar-refractivity contribution in [3.05, 3.63) is 23.8 Å². The Morgan fingerprint density at radius 1 is 1.25 bits per heavy atom. The number of nitrogens with one attached hydrogen (secondary N) is 1. The van der Waals surface area contributed by atoms with Gasteiger partial charge in [-0.1, -0.05) is 0 Å². The van der Waals surface area contributed by atoms with Crippen LogP contribution in [0.4, 0.5) is 0 Å². The van der Waals surface area contributed by atoms with Crippen LogP contribution >= 0.6 is 10.7 Å². The molecule has 1 aromatic carbocycles. The minimum atomic E-state index is -4.00. The number of rotatable bonds is 5. The van der Waals surface area contributed by atoms with Crippen molar-refractivity contribution in [2.75, 3.05) is 0 Å². The molecule has 1 N–H and O–H groups in total. The molecule has 0 bridgehead atoms. The molecule has 0 radical (unpaired) electrons. The van der Waals surface area contributed by atoms with E-state index in [4.69, 9.17) is 15.4 Å². The maximum absolute atomic E-state index is 11.9. The number of ether oxygens (including phenoxy) is 1. The van der Waals surface area contributed by atoms with Crippen LogP contribution in [-0.2, 0) is 9.05 Å². The van der Waals surface area contributed by atoms with Crippen LogP contribution in [0.25, 0.3) is 0 Å². The topological polar surface area (TPSA) is 72.5 Å². The summed E-state index contributed by atoms with van der Waals surface area (Å²) in [7, 11) is 1.39. The lowest BCUT2D eigenvalue weighted by atomic mass is 10.2. The van der Waals surface area contributed by atoms with E-state index >= 15 is 0 Å². The lowest BCUT2D eigenvalue weighted by Crippen LogP contribution is -2.30. The van der Waals surface area contributed by atoms with E-state index < -0.39 is 9.05 Å². The van der Waals surface area contributed by atoms with E-state index in [2.05, 4.69) is 5.32 Å². The van der Waals surface area contributed by atoms with Crippen LogP contribution in [0, 0.1) is 0 Å². The zero-order chi connectivity index (χ0) is 15.5. The van der Waals surface area contributed by atoms with Crippen LogP contribution < -0.4 is 10.1 Å². The number of carbonyl (C=O) groups excluding carboxylic acids is 1. The van der Waals surface area contributed by atoms with Gasteiger partial charge in [0.15, 0.2) is 0 Å². The Kier molecular flexibility index (Phi) is 5.42. The second-order valence-electron chi connectivity index (χ2n) is 4.89. The molecule has 7 heteroatoms. The third kappa shape index (κ3) is 4.68. The standard InChI is InChI=1S/C13H18ClNO4S/c1-8(2)15-13(16)10-5-6-11(19-9(3)4)12(7-10)20(14,17)18/h5-9H,1-4H3,(H,15,16). The first-order chi connectivity index (χ1) is 9.11. The molecule has 0 saturated heterocycles. The largest absolute Gasteiger partial charge is 0.490 e. The van der Waals surface area contributed by atoms with E-state index in [0.29, 0.717) is 0 Å². The smallest absolute Gasteiger partial charge is 0.265 e. The zero-order valence-electron chi connectivity index (χ0n) is 11.8. The van der Waals surface area contributed by atoms with Crippen molar-refractivity contribution in [3.63, 3.8) is 0 Å². The summed E-state index contributed by atoms with van der Waals surface area (Å²) in [6.07, 6.45) is -0.206. The van der Waals surface area contributed by atoms with Crippen LogP contribution in [0.15, 0.2) is 23.1 Å². The normalized spacial score (nSPS) is 11.8. The number of benzene rings is 1. The molecule has 0 spiro atoms. The van der Waals surface area contributed by atoms with Gasteiger partial charge in [-0.2, -0.15) is 0 Å². The summed E-state index contributed by atoms with van der Waals surface area (Å²) in [5.41, 5.74) is 0.217. The lowest BCUT2D eigenvalue weighted by molar-refractivity contribution is 0.0943. The Morgan fingerprint density at radius 2 is 1.85 bits per heavy atom. The van der Waals surface area contributed by atoms with Crippen molar-refractivity contribution < 1.29 is 17.9 Å². The molecule has 20 heavy (non-hydrogen) atoms. The lowest BCUT2D eigenvalue weighted by Gasteiger charge is -2.14. The maximum atomic E-state index is 11.9. The third-order valence-electron chi connectivity index (χ3n) is 2.25. The number of carbonyl (C=O) groups is 1. The van der Waals surface area contributed by atoms with Crippen molar-refractivity contribution in [2.24, 2.45) is 0 Å². The average molecular weight is 320 g/mol. The molecule has 1 amide bonds. The molecule has 0 aliphatic heterocycles. The highest BCUT2D eigenvalue weighted by Crippen LogP contribution is 2.29. The van der Waals surface area contributed by atoms with Gasteiger partial charge >= 0.3 is 0 Å². The summed E-state index contributed by atoms with van der Waals surface area (Å²) in [5.74, 6) is -0.228. The second-order valence-corrected chi connectivity index (χ2v) is 7.43. The Morgan fingerprint density at radius 3 is 2.30 bits per heavy atom. The van der Waals surface area contributed by atoms with Gasteiger partial charge in [-0.05, 0) is 45.9 Å². The highest BCUT2D eigenvalue weighted by atomic mass is 35.7. The molecule has 0 aromatic heterocycles. The molecule has 1 rings (SSSR count). The van der Waals surface area contributed by atoms with Gasteiger partial charge in [0.25, 0.3) is 15.0 Å². The highest BCUT2D eigenvalue weighted by Gasteiger charge is 2.20. The summed E-state index contributed by atoms with van der Waals surface area (Å²) in [5, 5.41) is 2.68. The van der Waals surface area contributed by atoms with Crippen molar-refractivity contribution in [1.29, 1.82) is 0 Å². The monoisotopic (exact) mass is 319 g/mol. The highest BCUT2D eigenvalue weighted by molar-refractivity contribution is 8.13. The van der Waals surface area contributed by atoms with E-state index in [-0.39, 0.29) is 34.3 Å². The first kappa shape index (κ1) is 16.8. The fourth-order valence-corrected chi connectivity index (χ4v) is 2.52. The van der Waals surface area contributed by atoms with Crippen LogP contribution in [-0.4, -0.2) is 26.5 Å². The molecule has 0 heterocycles. The summed E-state index contributed by atoms with van der Waals surface area (Å²) < 4.78 is 28.6. The van der Waals surface area contributed by atoms with Crippen molar-refractivity contribution in [1.82, 2.24) is 5.32 Å². The van der Waals surface area contributed by atoms with Gasteiger partial charge < -0.3 is 10.1 Å². The maximum Gasteiger partial charge on any atom is 0.265 e. The van der Waals surface area contributed by atoms with E-state index in [0.717, 1.165) is 0 Å². The SMILES string of the molecule is CC(C)NC(=O)c1ccc(OC(C)C)c(S(=O)(=O)Cl)c1. The van der Waals surface area contributed by atoms with E-state index in [1.165, 1.54) is 18.2 Å². The first-order valence-corrected chi connectivity index (χ1v) is 8.48. The predicted molar refractivity (Wildman–Crippen MR) is 77.8 cm³/mol. The molecule has 112 valence electrons. The van der Waals surface area contributed by atoms with Gasteiger partial charge in [-0.25, -0.2) is 8.42 Å². The van der Waals surface area contributed by atoms with Crippen molar-refractivity contribution in [3.8, 4) is 5.75 Å². The third-order valence-corrected chi connectivity index (χ3v) is 3.59. The van der Waals surface area contributed by atoms with Gasteiger partial charge in [0, 0.05) is 22.3 Å². The first-order valence-electron chi connectivity index (χ1n) is 6.17. The molecule has 0 aliphatic carbocycles. The van der Waals surface area contributed by atoms with E-state index in [1.807, 2.05) is 13.8 Å². The predicted octanol–water partition coefficient (Wildman–Crippen LogP) is 2.54. The molecular weight excluding hydrogens is 302 g/mol. The number of amides is 1. The summed E-state index contributed by atoms with van der Waals surface area (Å²) in [4.78, 5) is 11.7. The Labute approximate surface area is 123 Å². The quantitative estimate of drug-likeness (QED) is 0.846. The molecular formula is C13H18ClNO4S. The van der Waals surface area contributed by atoms with Gasteiger partial charge in [-0.3, -0.25) is 4.79 Å². The van der Waals surface area contributed by atoms with Crippen molar-refractivity contribution >= 4 is 25.6 Å². The van der Waals surface area contributed by atoms with Gasteiger partial charge in [-0.15, -0.1) is 0 Å². The van der Waals surface area contributed by atoms with Crippen molar-refractivity contribution in [2.45, 2.75) is 44.7 Å². The van der Waals surface area contributed by atoms with E-state index in [9.17, 15) is 13.2 Å². The Bertz CT molecular complexity index is 596. The number of halogens is 1. The molecule has 0 atom stereocenters. The van der Waals surface area contributed by atoms with Crippen LogP contribution in [0.5, 0.6) is 5.75 Å². The van der Waals surface area contributed by atoms with Crippen LogP contribution in [0.2, 0.25) is 0 Å². The van der Waals surface area contributed by atoms with E-state index in [1.54, 1.807) is 13.8 Å². The summed E-state index contributed by atoms with van der Waals surface area (Å²) >= 11 is 0. The fourth-order valence-electron chi connectivity index (χ4n) is 1.54. The molecule has 0 fully saturated rings. The Hall–Kier alpha value is -1.27. The van der Waals surface area contributed by atoms with Gasteiger partial charge in [0.05, 0.1) is 6.10 Å². The molecule has 0 aliphatic rings. The summed E-state index contributed by atoms with van der Waals surface area (Å²) in [6, 6.07) is 4.11. The average Bonchev–Trinajstić information content (AvgIpc) is 2.26. The second kappa shape index (κ2) is 6.45. The fraction of sp³-hybridized carbons (Fsp3) is 0.462. The molecule has 5 nitrogen and oxygen atoms in total. The molecule has 0 saturated carbocycles. The number of hydrogen-bond acceptors (Lipinski definition) is 4. The number of hydrogen-bond donors (Lipinski definition) is 1. The Balaban J connectivity index is 3.25. The summed E-state index contributed by atoms with van der Waals surface area (Å²) in [6.45, 7) is 7.16. The zero-order valence-corrected chi connectivity index (χ0v) is 13.4.